The summed E-state index contributed by atoms with van der Waals surface area (Å²) in [5.41, 5.74) is 0. The summed E-state index contributed by atoms with van der Waals surface area (Å²) in [7, 11) is 0. The number of hydrogen-bond acceptors (Lipinski definition) is 5. The highest BCUT2D eigenvalue weighted by Crippen LogP contribution is 2.33. The Bertz CT molecular complexity index is 556. The minimum absolute atomic E-state index is 0.00517. The fraction of sp³-hybridized carbons (Fsp3) is 0.737. The van der Waals surface area contributed by atoms with Crippen LogP contribution in [0.3, 0.4) is 0 Å². The second-order valence-electron chi connectivity index (χ2n) is 7.59. The second kappa shape index (κ2) is 7.89. The number of likely N-dealkylation sites (tertiary alicyclic amines) is 2. The molecule has 4 rings (SSSR count). The molecule has 1 aromatic rings. The zero-order valence-corrected chi connectivity index (χ0v) is 14.9. The van der Waals surface area contributed by atoms with Gasteiger partial charge in [0, 0.05) is 19.6 Å². The molecular formula is C19H29N3O3. The van der Waals surface area contributed by atoms with Gasteiger partial charge in [0.25, 0.3) is 0 Å². The van der Waals surface area contributed by atoms with Crippen molar-refractivity contribution in [2.45, 2.75) is 44.4 Å². The first kappa shape index (κ1) is 17.1. The Morgan fingerprint density at radius 3 is 2.84 bits per heavy atom. The molecule has 0 aliphatic carbocycles. The van der Waals surface area contributed by atoms with Gasteiger partial charge in [0.05, 0.1) is 18.9 Å². The first-order valence-electron chi connectivity index (χ1n) is 9.68. The largest absolute Gasteiger partial charge is 0.467 e. The van der Waals surface area contributed by atoms with Crippen LogP contribution in [-0.2, 0) is 16.1 Å². The Hall–Kier alpha value is -1.37. The van der Waals surface area contributed by atoms with Gasteiger partial charge in [-0.05, 0) is 63.4 Å². The van der Waals surface area contributed by atoms with Crippen LogP contribution in [0.4, 0.5) is 0 Å². The molecule has 1 N–H and O–H groups in total. The Balaban J connectivity index is 1.21. The highest BCUT2D eigenvalue weighted by molar-refractivity contribution is 5.81. The van der Waals surface area contributed by atoms with Crippen LogP contribution in [0.15, 0.2) is 22.8 Å². The summed E-state index contributed by atoms with van der Waals surface area (Å²) in [6.07, 6.45) is 6.24. The molecule has 6 nitrogen and oxygen atoms in total. The summed E-state index contributed by atoms with van der Waals surface area (Å²) in [6, 6.07) is 3.70. The molecule has 25 heavy (non-hydrogen) atoms. The van der Waals surface area contributed by atoms with Gasteiger partial charge < -0.3 is 19.4 Å². The molecule has 0 spiro atoms. The van der Waals surface area contributed by atoms with Gasteiger partial charge >= 0.3 is 0 Å². The fourth-order valence-corrected chi connectivity index (χ4v) is 4.36. The predicted molar refractivity (Wildman–Crippen MR) is 94.1 cm³/mol. The van der Waals surface area contributed by atoms with Crippen molar-refractivity contribution in [1.82, 2.24) is 15.1 Å². The van der Waals surface area contributed by atoms with Crippen molar-refractivity contribution in [3.63, 3.8) is 0 Å². The molecule has 4 heterocycles. The maximum atomic E-state index is 12.4. The second-order valence-corrected chi connectivity index (χ2v) is 7.59. The highest BCUT2D eigenvalue weighted by atomic mass is 16.5. The zero-order valence-electron chi connectivity index (χ0n) is 14.9. The van der Waals surface area contributed by atoms with Crippen LogP contribution < -0.4 is 5.32 Å². The number of furan rings is 1. The highest BCUT2D eigenvalue weighted by Gasteiger charge is 2.41. The molecule has 0 radical (unpaired) electrons. The smallest absolute Gasteiger partial charge is 0.249 e. The van der Waals surface area contributed by atoms with Crippen molar-refractivity contribution in [3.05, 3.63) is 24.2 Å². The van der Waals surface area contributed by atoms with Gasteiger partial charge in [-0.3, -0.25) is 9.69 Å². The Morgan fingerprint density at radius 1 is 1.20 bits per heavy atom. The maximum Gasteiger partial charge on any atom is 0.249 e. The van der Waals surface area contributed by atoms with Crippen molar-refractivity contribution >= 4 is 5.91 Å². The van der Waals surface area contributed by atoms with E-state index in [1.807, 2.05) is 12.1 Å². The zero-order chi connectivity index (χ0) is 17.1. The van der Waals surface area contributed by atoms with Crippen LogP contribution in [0.1, 0.15) is 31.4 Å². The van der Waals surface area contributed by atoms with E-state index < -0.39 is 0 Å². The molecule has 0 unspecified atom stereocenters. The van der Waals surface area contributed by atoms with Gasteiger partial charge in [0.15, 0.2) is 0 Å². The first-order chi connectivity index (χ1) is 12.3. The van der Waals surface area contributed by atoms with Gasteiger partial charge in [-0.25, -0.2) is 0 Å². The molecule has 3 atom stereocenters. The first-order valence-corrected chi connectivity index (χ1v) is 9.68. The number of rotatable bonds is 6. The summed E-state index contributed by atoms with van der Waals surface area (Å²) >= 11 is 0. The number of nitrogens with one attached hydrogen (secondary N) is 1. The minimum atomic E-state index is -0.302. The van der Waals surface area contributed by atoms with E-state index in [1.54, 1.807) is 6.26 Å². The normalized spacial score (nSPS) is 30.5. The summed E-state index contributed by atoms with van der Waals surface area (Å²) in [5, 5.41) is 2.93. The van der Waals surface area contributed by atoms with Crippen molar-refractivity contribution < 1.29 is 13.9 Å². The van der Waals surface area contributed by atoms with Gasteiger partial charge in [-0.2, -0.15) is 0 Å². The molecule has 1 aromatic heterocycles. The molecule has 0 aromatic carbocycles. The average molecular weight is 347 g/mol. The molecule has 6 heteroatoms. The van der Waals surface area contributed by atoms with Crippen LogP contribution in [0, 0.1) is 5.92 Å². The number of fused-ring (bicyclic) bond motifs is 1. The number of amides is 1. The van der Waals surface area contributed by atoms with Gasteiger partial charge in [-0.15, -0.1) is 0 Å². The SMILES string of the molecule is O=C(NCc1ccco1)[C@@H]1C[C@@H]2CCN(CCN3CCCC3)C[C@H]2O1. The van der Waals surface area contributed by atoms with Crippen molar-refractivity contribution in [2.24, 2.45) is 5.92 Å². The molecule has 3 aliphatic heterocycles. The topological polar surface area (TPSA) is 58.0 Å². The summed E-state index contributed by atoms with van der Waals surface area (Å²) in [4.78, 5) is 17.4. The molecule has 3 fully saturated rings. The quantitative estimate of drug-likeness (QED) is 0.845. The van der Waals surface area contributed by atoms with Crippen LogP contribution in [0.25, 0.3) is 0 Å². The molecular weight excluding hydrogens is 318 g/mol. The van der Waals surface area contributed by atoms with E-state index in [9.17, 15) is 4.79 Å². The third kappa shape index (κ3) is 4.25. The number of ether oxygens (including phenoxy) is 1. The standard InChI is InChI=1S/C19H29N3O3/c23-19(20-13-16-4-3-11-24-16)17-12-15-5-8-22(14-18(15)25-17)10-9-21-6-1-2-7-21/h3-4,11,15,17-18H,1-2,5-10,12-14H2,(H,20,23)/t15-,17-,18+/m0/s1. The van der Waals surface area contributed by atoms with Gasteiger partial charge in [0.1, 0.15) is 11.9 Å². The Labute approximate surface area is 149 Å². The molecule has 138 valence electrons. The van der Waals surface area contributed by atoms with E-state index in [0.717, 1.165) is 38.2 Å². The molecule has 3 aliphatic rings. The molecule has 1 amide bonds. The average Bonchev–Trinajstić information content (AvgIpc) is 3.38. The van der Waals surface area contributed by atoms with E-state index in [-0.39, 0.29) is 18.1 Å². The third-order valence-corrected chi connectivity index (χ3v) is 5.88. The lowest BCUT2D eigenvalue weighted by atomic mass is 9.91. The number of piperidine rings is 1. The third-order valence-electron chi connectivity index (χ3n) is 5.88. The summed E-state index contributed by atoms with van der Waals surface area (Å²) in [6.45, 7) is 7.36. The predicted octanol–water partition coefficient (Wildman–Crippen LogP) is 1.47. The molecule has 0 saturated carbocycles. The number of carbonyl (C=O) groups excluding carboxylic acids is 1. The monoisotopic (exact) mass is 347 g/mol. The van der Waals surface area contributed by atoms with Crippen LogP contribution in [-0.4, -0.2) is 67.2 Å². The van der Waals surface area contributed by atoms with E-state index in [2.05, 4.69) is 15.1 Å². The lowest BCUT2D eigenvalue weighted by molar-refractivity contribution is -0.133. The molecule has 3 saturated heterocycles. The van der Waals surface area contributed by atoms with Crippen molar-refractivity contribution in [1.29, 1.82) is 0 Å². The summed E-state index contributed by atoms with van der Waals surface area (Å²) in [5.74, 6) is 1.30. The van der Waals surface area contributed by atoms with Crippen molar-refractivity contribution in [2.75, 3.05) is 39.3 Å². The molecule has 0 bridgehead atoms. The lowest BCUT2D eigenvalue weighted by Crippen LogP contribution is -2.45. The van der Waals surface area contributed by atoms with E-state index >= 15 is 0 Å². The van der Waals surface area contributed by atoms with E-state index in [4.69, 9.17) is 9.15 Å². The van der Waals surface area contributed by atoms with E-state index in [1.165, 1.54) is 32.5 Å². The Kier molecular flexibility index (Phi) is 5.39. The van der Waals surface area contributed by atoms with Gasteiger partial charge in [0.2, 0.25) is 5.91 Å². The number of hydrogen-bond donors (Lipinski definition) is 1. The van der Waals surface area contributed by atoms with Crippen LogP contribution in [0.2, 0.25) is 0 Å². The lowest BCUT2D eigenvalue weighted by Gasteiger charge is -2.34. The number of nitrogens with zero attached hydrogens (tertiary/aromatic N) is 2. The van der Waals surface area contributed by atoms with E-state index in [0.29, 0.717) is 12.5 Å². The maximum absolute atomic E-state index is 12.4. The number of carbonyl (C=O) groups is 1. The Morgan fingerprint density at radius 2 is 2.04 bits per heavy atom. The van der Waals surface area contributed by atoms with Crippen LogP contribution >= 0.6 is 0 Å². The van der Waals surface area contributed by atoms with Crippen molar-refractivity contribution in [3.8, 4) is 0 Å². The van der Waals surface area contributed by atoms with Crippen LogP contribution in [0.5, 0.6) is 0 Å². The minimum Gasteiger partial charge on any atom is -0.467 e. The van der Waals surface area contributed by atoms with Gasteiger partial charge in [-0.1, -0.05) is 0 Å². The fourth-order valence-electron chi connectivity index (χ4n) is 4.36. The summed E-state index contributed by atoms with van der Waals surface area (Å²) < 4.78 is 11.4.